The Hall–Kier alpha value is -1.36. The van der Waals surface area contributed by atoms with Gasteiger partial charge >= 0.3 is 0 Å². The van der Waals surface area contributed by atoms with Crippen molar-refractivity contribution in [2.24, 2.45) is 5.92 Å². The van der Waals surface area contributed by atoms with E-state index in [2.05, 4.69) is 20.2 Å². The number of anilines is 1. The predicted molar refractivity (Wildman–Crippen MR) is 94.4 cm³/mol. The molecule has 1 aromatic heterocycles. The van der Waals surface area contributed by atoms with Gasteiger partial charge in [0.15, 0.2) is 0 Å². The minimum absolute atomic E-state index is 0.220. The fourth-order valence-corrected chi connectivity index (χ4v) is 4.49. The van der Waals surface area contributed by atoms with E-state index < -0.39 is 0 Å². The van der Waals surface area contributed by atoms with Gasteiger partial charge in [0.1, 0.15) is 5.82 Å². The van der Waals surface area contributed by atoms with Crippen LogP contribution < -0.4 is 10.2 Å². The molecule has 4 rings (SSSR count). The van der Waals surface area contributed by atoms with Crippen LogP contribution >= 0.6 is 11.6 Å². The van der Waals surface area contributed by atoms with E-state index in [9.17, 15) is 4.79 Å². The third-order valence-corrected chi connectivity index (χ3v) is 5.75. The van der Waals surface area contributed by atoms with Gasteiger partial charge in [0.25, 0.3) is 0 Å². The van der Waals surface area contributed by atoms with Gasteiger partial charge < -0.3 is 10.2 Å². The Kier molecular flexibility index (Phi) is 4.61. The quantitative estimate of drug-likeness (QED) is 0.850. The number of hydrogen-bond donors (Lipinski definition) is 1. The summed E-state index contributed by atoms with van der Waals surface area (Å²) in [5.74, 6) is 1.66. The number of aryl methyl sites for hydroxylation is 1. The molecule has 2 aliphatic carbocycles. The molecule has 0 atom stereocenters. The average molecular weight is 349 g/mol. The Morgan fingerprint density at radius 3 is 2.71 bits per heavy atom. The molecule has 3 aliphatic rings. The molecule has 24 heavy (non-hydrogen) atoms. The van der Waals surface area contributed by atoms with E-state index in [1.165, 1.54) is 24.8 Å². The second-order valence-corrected chi connectivity index (χ2v) is 7.81. The molecule has 1 aliphatic heterocycles. The zero-order valence-corrected chi connectivity index (χ0v) is 14.8. The lowest BCUT2D eigenvalue weighted by molar-refractivity contribution is -0.123. The molecule has 130 valence electrons. The van der Waals surface area contributed by atoms with Gasteiger partial charge in [0.2, 0.25) is 11.2 Å². The van der Waals surface area contributed by atoms with Crippen molar-refractivity contribution in [2.45, 2.75) is 63.8 Å². The van der Waals surface area contributed by atoms with Crippen LogP contribution in [0.15, 0.2) is 0 Å². The summed E-state index contributed by atoms with van der Waals surface area (Å²) in [5, 5.41) is 3.57. The lowest BCUT2D eigenvalue weighted by Crippen LogP contribution is -2.50. The van der Waals surface area contributed by atoms with Crippen molar-refractivity contribution in [3.8, 4) is 0 Å². The summed E-state index contributed by atoms with van der Waals surface area (Å²) in [6, 6.07) is 0.409. The number of carbonyl (C=O) groups excluding carboxylic acids is 1. The third-order valence-electron chi connectivity index (χ3n) is 5.59. The van der Waals surface area contributed by atoms with Crippen LogP contribution in [0.5, 0.6) is 0 Å². The standard InChI is InChI=1S/C18H25ClN4O/c19-18-21-15-8-4-7-14(15)17(22-18)23-10-12(11-23)9-16(24)20-13-5-2-1-3-6-13/h12-13H,1-11H2,(H,20,24). The minimum atomic E-state index is 0.220. The van der Waals surface area contributed by atoms with Crippen LogP contribution in [0.25, 0.3) is 0 Å². The predicted octanol–water partition coefficient (Wildman–Crippen LogP) is 2.89. The molecule has 0 bridgehead atoms. The zero-order valence-electron chi connectivity index (χ0n) is 14.1. The molecular weight excluding hydrogens is 324 g/mol. The van der Waals surface area contributed by atoms with Crippen molar-refractivity contribution in [1.82, 2.24) is 15.3 Å². The third kappa shape index (κ3) is 3.37. The highest BCUT2D eigenvalue weighted by molar-refractivity contribution is 6.28. The van der Waals surface area contributed by atoms with E-state index in [4.69, 9.17) is 11.6 Å². The molecular formula is C18H25ClN4O. The molecule has 1 amide bonds. The normalized spacial score (nSPS) is 21.5. The number of fused-ring (bicyclic) bond motifs is 1. The zero-order chi connectivity index (χ0) is 16.5. The monoisotopic (exact) mass is 348 g/mol. The van der Waals surface area contributed by atoms with E-state index >= 15 is 0 Å². The highest BCUT2D eigenvalue weighted by Crippen LogP contribution is 2.34. The van der Waals surface area contributed by atoms with Gasteiger partial charge in [-0.3, -0.25) is 4.79 Å². The Balaban J connectivity index is 1.30. The second kappa shape index (κ2) is 6.87. The Bertz CT molecular complexity index is 624. The number of nitrogens with zero attached hydrogens (tertiary/aromatic N) is 3. The maximum absolute atomic E-state index is 12.2. The van der Waals surface area contributed by atoms with Crippen molar-refractivity contribution in [2.75, 3.05) is 18.0 Å². The minimum Gasteiger partial charge on any atom is -0.356 e. The number of carbonyl (C=O) groups is 1. The summed E-state index contributed by atoms with van der Waals surface area (Å²) >= 11 is 6.07. The molecule has 2 heterocycles. The number of nitrogens with one attached hydrogen (secondary N) is 1. The van der Waals surface area contributed by atoms with Gasteiger partial charge in [0, 0.05) is 37.0 Å². The summed E-state index contributed by atoms with van der Waals surface area (Å²) in [7, 11) is 0. The number of hydrogen-bond acceptors (Lipinski definition) is 4. The first-order valence-corrected chi connectivity index (χ1v) is 9.66. The Labute approximate surface area is 148 Å². The summed E-state index contributed by atoms with van der Waals surface area (Å²) in [6.45, 7) is 1.80. The van der Waals surface area contributed by atoms with Crippen LogP contribution in [0, 0.1) is 5.92 Å². The molecule has 6 heteroatoms. The van der Waals surface area contributed by atoms with Crippen molar-refractivity contribution < 1.29 is 4.79 Å². The molecule has 0 radical (unpaired) electrons. The number of aromatic nitrogens is 2. The molecule has 0 aromatic carbocycles. The molecule has 5 nitrogen and oxygen atoms in total. The lowest BCUT2D eigenvalue weighted by atomic mass is 9.93. The molecule has 1 aromatic rings. The molecule has 1 saturated heterocycles. The summed E-state index contributed by atoms with van der Waals surface area (Å²) in [6.07, 6.45) is 9.94. The Morgan fingerprint density at radius 2 is 1.92 bits per heavy atom. The summed E-state index contributed by atoms with van der Waals surface area (Å²) < 4.78 is 0. The Morgan fingerprint density at radius 1 is 1.12 bits per heavy atom. The van der Waals surface area contributed by atoms with Crippen LogP contribution in [-0.2, 0) is 17.6 Å². The molecule has 0 unspecified atom stereocenters. The number of rotatable bonds is 4. The van der Waals surface area contributed by atoms with E-state index in [0.717, 1.165) is 56.7 Å². The van der Waals surface area contributed by atoms with Crippen molar-refractivity contribution in [1.29, 1.82) is 0 Å². The first-order chi connectivity index (χ1) is 11.7. The molecule has 1 N–H and O–H groups in total. The van der Waals surface area contributed by atoms with Crippen molar-refractivity contribution in [3.05, 3.63) is 16.5 Å². The van der Waals surface area contributed by atoms with Crippen molar-refractivity contribution in [3.63, 3.8) is 0 Å². The topological polar surface area (TPSA) is 58.1 Å². The van der Waals surface area contributed by atoms with E-state index in [-0.39, 0.29) is 5.91 Å². The van der Waals surface area contributed by atoms with E-state index in [0.29, 0.717) is 23.7 Å². The fraction of sp³-hybridized carbons (Fsp3) is 0.722. The van der Waals surface area contributed by atoms with E-state index in [1.54, 1.807) is 0 Å². The maximum Gasteiger partial charge on any atom is 0.224 e. The second-order valence-electron chi connectivity index (χ2n) is 7.47. The van der Waals surface area contributed by atoms with Crippen LogP contribution in [0.2, 0.25) is 5.28 Å². The van der Waals surface area contributed by atoms with Crippen LogP contribution in [0.4, 0.5) is 5.82 Å². The molecule has 1 saturated carbocycles. The van der Waals surface area contributed by atoms with Crippen LogP contribution in [0.3, 0.4) is 0 Å². The van der Waals surface area contributed by atoms with Gasteiger partial charge in [-0.25, -0.2) is 9.97 Å². The smallest absolute Gasteiger partial charge is 0.224 e. The molecule has 2 fully saturated rings. The van der Waals surface area contributed by atoms with E-state index in [1.807, 2.05) is 0 Å². The first-order valence-electron chi connectivity index (χ1n) is 9.28. The van der Waals surface area contributed by atoms with Gasteiger partial charge in [-0.15, -0.1) is 0 Å². The number of amides is 1. The largest absolute Gasteiger partial charge is 0.356 e. The van der Waals surface area contributed by atoms with Crippen LogP contribution in [0.1, 0.15) is 56.2 Å². The average Bonchev–Trinajstić information content (AvgIpc) is 2.99. The highest BCUT2D eigenvalue weighted by Gasteiger charge is 2.33. The van der Waals surface area contributed by atoms with Crippen LogP contribution in [-0.4, -0.2) is 35.0 Å². The lowest BCUT2D eigenvalue weighted by Gasteiger charge is -2.41. The SMILES string of the molecule is O=C(CC1CN(c2nc(Cl)nc3c2CCC3)C1)NC1CCCCC1. The summed E-state index contributed by atoms with van der Waals surface area (Å²) in [5.41, 5.74) is 2.38. The summed E-state index contributed by atoms with van der Waals surface area (Å²) in [4.78, 5) is 23.3. The van der Waals surface area contributed by atoms with Gasteiger partial charge in [-0.1, -0.05) is 19.3 Å². The maximum atomic E-state index is 12.2. The van der Waals surface area contributed by atoms with Crippen molar-refractivity contribution >= 4 is 23.3 Å². The molecule has 0 spiro atoms. The van der Waals surface area contributed by atoms with Gasteiger partial charge in [-0.2, -0.15) is 0 Å². The highest BCUT2D eigenvalue weighted by atomic mass is 35.5. The fourth-order valence-electron chi connectivity index (χ4n) is 4.31. The number of halogens is 1. The van der Waals surface area contributed by atoms with Gasteiger partial charge in [0.05, 0.1) is 5.69 Å². The van der Waals surface area contributed by atoms with Gasteiger partial charge in [-0.05, 0) is 43.7 Å². The first kappa shape index (κ1) is 16.1.